The number of likely N-dealkylation sites (tertiary alicyclic amines) is 1. The Morgan fingerprint density at radius 3 is 2.80 bits per heavy atom. The van der Waals surface area contributed by atoms with Gasteiger partial charge in [0.2, 0.25) is 0 Å². The van der Waals surface area contributed by atoms with Crippen LogP contribution in [0.3, 0.4) is 0 Å². The summed E-state index contributed by atoms with van der Waals surface area (Å²) in [5.74, 6) is -1.11. The third-order valence-electron chi connectivity index (χ3n) is 3.14. The molecule has 7 heteroatoms. The molecule has 2 amide bonds. The van der Waals surface area contributed by atoms with Gasteiger partial charge in [0.05, 0.1) is 17.4 Å². The summed E-state index contributed by atoms with van der Waals surface area (Å²) >= 11 is 3.20. The minimum Gasteiger partial charge on any atom is -0.478 e. The maximum absolute atomic E-state index is 12.1. The molecule has 2 rings (SSSR count). The van der Waals surface area contributed by atoms with Crippen molar-refractivity contribution in [1.82, 2.24) is 4.90 Å². The minimum atomic E-state index is -1.11. The number of β-amino-alcohol motifs (C(OH)–C–C–N with tert-alkyl or cyclic N) is 1. The normalized spacial score (nSPS) is 18.7. The molecule has 0 bridgehead atoms. The number of carboxylic acids is 1. The summed E-state index contributed by atoms with van der Waals surface area (Å²) in [6.45, 7) is 0.826. The van der Waals surface area contributed by atoms with Crippen molar-refractivity contribution in [2.75, 3.05) is 18.4 Å². The Labute approximate surface area is 124 Å². The fraction of sp³-hybridized carbons (Fsp3) is 0.385. The fourth-order valence-corrected chi connectivity index (χ4v) is 2.50. The summed E-state index contributed by atoms with van der Waals surface area (Å²) in [6, 6.07) is 4.23. The predicted octanol–water partition coefficient (Wildman–Crippen LogP) is 2.14. The van der Waals surface area contributed by atoms with Crippen LogP contribution in [0.2, 0.25) is 0 Å². The average Bonchev–Trinajstić information content (AvgIpc) is 2.40. The second-order valence-corrected chi connectivity index (χ2v) is 5.58. The van der Waals surface area contributed by atoms with Crippen LogP contribution in [0.5, 0.6) is 0 Å². The largest absolute Gasteiger partial charge is 0.478 e. The van der Waals surface area contributed by atoms with Gasteiger partial charge < -0.3 is 20.4 Å². The Balaban J connectivity index is 2.13. The molecule has 6 nitrogen and oxygen atoms in total. The van der Waals surface area contributed by atoms with Crippen molar-refractivity contribution >= 4 is 33.6 Å². The van der Waals surface area contributed by atoms with Crippen molar-refractivity contribution in [3.63, 3.8) is 0 Å². The number of aromatic carboxylic acids is 1. The van der Waals surface area contributed by atoms with Crippen molar-refractivity contribution in [1.29, 1.82) is 0 Å². The lowest BCUT2D eigenvalue weighted by molar-refractivity contribution is 0.0697. The van der Waals surface area contributed by atoms with Crippen LogP contribution >= 0.6 is 15.9 Å². The third kappa shape index (κ3) is 3.49. The van der Waals surface area contributed by atoms with E-state index in [1.807, 2.05) is 0 Å². The number of nitrogens with zero attached hydrogens (tertiary/aromatic N) is 1. The Hall–Kier alpha value is -1.60. The van der Waals surface area contributed by atoms with Gasteiger partial charge >= 0.3 is 12.0 Å². The van der Waals surface area contributed by atoms with Gasteiger partial charge in [-0.1, -0.05) is 15.9 Å². The monoisotopic (exact) mass is 342 g/mol. The number of carboxylic acid groups (broad SMARTS) is 1. The summed E-state index contributed by atoms with van der Waals surface area (Å²) in [7, 11) is 0. The number of hydrogen-bond donors (Lipinski definition) is 3. The smallest absolute Gasteiger partial charge is 0.337 e. The van der Waals surface area contributed by atoms with Crippen molar-refractivity contribution in [3.8, 4) is 0 Å². The average molecular weight is 343 g/mol. The number of carbonyl (C=O) groups is 2. The highest BCUT2D eigenvalue weighted by molar-refractivity contribution is 9.10. The van der Waals surface area contributed by atoms with E-state index in [9.17, 15) is 14.7 Å². The molecule has 20 heavy (non-hydrogen) atoms. The van der Waals surface area contributed by atoms with Crippen LogP contribution in [0.25, 0.3) is 0 Å². The second-order valence-electron chi connectivity index (χ2n) is 4.67. The zero-order valence-corrected chi connectivity index (χ0v) is 12.3. The first-order chi connectivity index (χ1) is 9.47. The number of rotatable bonds is 2. The van der Waals surface area contributed by atoms with E-state index in [0.29, 0.717) is 17.4 Å². The van der Waals surface area contributed by atoms with Crippen molar-refractivity contribution in [3.05, 3.63) is 28.2 Å². The summed E-state index contributed by atoms with van der Waals surface area (Å²) in [4.78, 5) is 24.7. The van der Waals surface area contributed by atoms with Gasteiger partial charge in [-0.05, 0) is 31.0 Å². The van der Waals surface area contributed by atoms with Gasteiger partial charge in [-0.3, -0.25) is 0 Å². The number of urea groups is 1. The number of amides is 2. The number of aliphatic hydroxyl groups excluding tert-OH is 1. The van der Waals surface area contributed by atoms with Crippen LogP contribution in [0, 0.1) is 0 Å². The van der Waals surface area contributed by atoms with Gasteiger partial charge in [0.1, 0.15) is 0 Å². The van der Waals surface area contributed by atoms with E-state index in [2.05, 4.69) is 21.2 Å². The molecule has 3 N–H and O–H groups in total. The molecular formula is C13H15BrN2O4. The second kappa shape index (κ2) is 6.23. The molecule has 1 fully saturated rings. The maximum atomic E-state index is 12.1. The molecule has 1 atom stereocenters. The van der Waals surface area contributed by atoms with Gasteiger partial charge in [-0.25, -0.2) is 9.59 Å². The number of piperidine rings is 1. The van der Waals surface area contributed by atoms with Crippen LogP contribution in [0.1, 0.15) is 23.2 Å². The number of carbonyl (C=O) groups excluding carboxylic acids is 1. The van der Waals surface area contributed by atoms with E-state index in [1.54, 1.807) is 6.07 Å². The SMILES string of the molecule is O=C(O)c1cc(Br)ccc1NC(=O)N1CCCC(O)C1. The van der Waals surface area contributed by atoms with Gasteiger partial charge in [0.15, 0.2) is 0 Å². The molecule has 0 saturated carbocycles. The lowest BCUT2D eigenvalue weighted by Crippen LogP contribution is -2.44. The van der Waals surface area contributed by atoms with E-state index in [1.165, 1.54) is 17.0 Å². The Morgan fingerprint density at radius 2 is 2.15 bits per heavy atom. The molecule has 0 radical (unpaired) electrons. The van der Waals surface area contributed by atoms with E-state index >= 15 is 0 Å². The summed E-state index contributed by atoms with van der Waals surface area (Å²) in [5, 5.41) is 21.3. The first-order valence-corrected chi connectivity index (χ1v) is 7.03. The van der Waals surface area contributed by atoms with Crippen LogP contribution in [0.4, 0.5) is 10.5 Å². The Kier molecular flexibility index (Phi) is 4.61. The number of halogens is 1. The van der Waals surface area contributed by atoms with Gasteiger partial charge in [-0.15, -0.1) is 0 Å². The molecule has 1 aliphatic rings. The standard InChI is InChI=1S/C13H15BrN2O4/c14-8-3-4-11(10(6-8)12(18)19)15-13(20)16-5-1-2-9(17)7-16/h3-4,6,9,17H,1-2,5,7H2,(H,15,20)(H,18,19). The number of nitrogens with one attached hydrogen (secondary N) is 1. The van der Waals surface area contributed by atoms with E-state index in [-0.39, 0.29) is 17.8 Å². The first-order valence-electron chi connectivity index (χ1n) is 6.24. The highest BCUT2D eigenvalue weighted by Crippen LogP contribution is 2.22. The molecule has 1 heterocycles. The minimum absolute atomic E-state index is 0.0188. The highest BCUT2D eigenvalue weighted by atomic mass is 79.9. The molecule has 1 aliphatic heterocycles. The first kappa shape index (κ1) is 14.8. The molecule has 108 valence electrons. The molecular weight excluding hydrogens is 328 g/mol. The van der Waals surface area contributed by atoms with Crippen molar-refractivity contribution < 1.29 is 19.8 Å². The molecule has 1 saturated heterocycles. The lowest BCUT2D eigenvalue weighted by atomic mass is 10.1. The lowest BCUT2D eigenvalue weighted by Gasteiger charge is -2.30. The zero-order valence-electron chi connectivity index (χ0n) is 10.7. The quantitative estimate of drug-likeness (QED) is 0.767. The molecule has 0 aliphatic carbocycles. The van der Waals surface area contributed by atoms with E-state index in [0.717, 1.165) is 6.42 Å². The maximum Gasteiger partial charge on any atom is 0.337 e. The summed E-state index contributed by atoms with van der Waals surface area (Å²) < 4.78 is 0.626. The van der Waals surface area contributed by atoms with Crippen LogP contribution in [-0.4, -0.2) is 46.3 Å². The summed E-state index contributed by atoms with van der Waals surface area (Å²) in [5.41, 5.74) is 0.260. The molecule has 1 aromatic rings. The topological polar surface area (TPSA) is 89.9 Å². The van der Waals surface area contributed by atoms with Crippen LogP contribution in [-0.2, 0) is 0 Å². The van der Waals surface area contributed by atoms with Crippen molar-refractivity contribution in [2.45, 2.75) is 18.9 Å². The molecule has 1 unspecified atom stereocenters. The van der Waals surface area contributed by atoms with Crippen molar-refractivity contribution in [2.24, 2.45) is 0 Å². The number of aliphatic hydroxyl groups is 1. The summed E-state index contributed by atoms with van der Waals surface area (Å²) in [6.07, 6.45) is 0.904. The zero-order chi connectivity index (χ0) is 14.7. The third-order valence-corrected chi connectivity index (χ3v) is 3.63. The van der Waals surface area contributed by atoms with Gasteiger partial charge in [0.25, 0.3) is 0 Å². The van der Waals surface area contributed by atoms with Gasteiger partial charge in [-0.2, -0.15) is 0 Å². The van der Waals surface area contributed by atoms with E-state index < -0.39 is 18.1 Å². The number of benzene rings is 1. The van der Waals surface area contributed by atoms with Crippen LogP contribution in [0.15, 0.2) is 22.7 Å². The predicted molar refractivity (Wildman–Crippen MR) is 76.9 cm³/mol. The van der Waals surface area contributed by atoms with Crippen LogP contribution < -0.4 is 5.32 Å². The van der Waals surface area contributed by atoms with E-state index in [4.69, 9.17) is 5.11 Å². The molecule has 0 aromatic heterocycles. The van der Waals surface area contributed by atoms with Gasteiger partial charge in [0, 0.05) is 17.6 Å². The molecule has 0 spiro atoms. The Bertz CT molecular complexity index is 535. The number of anilines is 1. The number of hydrogen-bond acceptors (Lipinski definition) is 3. The highest BCUT2D eigenvalue weighted by Gasteiger charge is 2.23. The molecule has 1 aromatic carbocycles. The Morgan fingerprint density at radius 1 is 1.40 bits per heavy atom. The fourth-order valence-electron chi connectivity index (χ4n) is 2.14.